The summed E-state index contributed by atoms with van der Waals surface area (Å²) in [6.45, 7) is 0. The summed E-state index contributed by atoms with van der Waals surface area (Å²) in [5.41, 5.74) is 0.726. The molecule has 6 nitrogen and oxygen atoms in total. The van der Waals surface area contributed by atoms with Crippen molar-refractivity contribution in [1.82, 2.24) is 9.97 Å². The predicted octanol–water partition coefficient (Wildman–Crippen LogP) is 2.65. The van der Waals surface area contributed by atoms with Crippen LogP contribution in [0.15, 0.2) is 35.2 Å². The van der Waals surface area contributed by atoms with Crippen LogP contribution in [-0.2, 0) is 16.4 Å². The van der Waals surface area contributed by atoms with Crippen molar-refractivity contribution < 1.29 is 8.42 Å². The number of sulfonamides is 1. The van der Waals surface area contributed by atoms with Crippen LogP contribution in [0, 0.1) is 11.3 Å². The molecule has 0 atom stereocenters. The predicted molar refractivity (Wildman–Crippen MR) is 78.6 cm³/mol. The van der Waals surface area contributed by atoms with Crippen molar-refractivity contribution in [2.45, 2.75) is 11.3 Å². The molecule has 0 saturated heterocycles. The van der Waals surface area contributed by atoms with Crippen LogP contribution in [0.1, 0.15) is 5.56 Å². The second kappa shape index (κ2) is 6.26. The van der Waals surface area contributed by atoms with Gasteiger partial charge in [0.2, 0.25) is 5.28 Å². The maximum absolute atomic E-state index is 12.2. The van der Waals surface area contributed by atoms with Crippen LogP contribution < -0.4 is 4.72 Å². The number of nitrogens with one attached hydrogen (secondary N) is 1. The molecule has 21 heavy (non-hydrogen) atoms. The summed E-state index contributed by atoms with van der Waals surface area (Å²) >= 11 is 11.3. The molecule has 9 heteroatoms. The van der Waals surface area contributed by atoms with E-state index in [1.807, 2.05) is 6.07 Å². The Morgan fingerprint density at radius 3 is 2.43 bits per heavy atom. The van der Waals surface area contributed by atoms with Gasteiger partial charge in [-0.3, -0.25) is 4.72 Å². The number of nitriles is 1. The lowest BCUT2D eigenvalue weighted by Gasteiger charge is -2.08. The third-order valence-corrected chi connectivity index (χ3v) is 4.16. The van der Waals surface area contributed by atoms with Gasteiger partial charge in [0.1, 0.15) is 11.0 Å². The molecule has 1 aromatic carbocycles. The summed E-state index contributed by atoms with van der Waals surface area (Å²) in [4.78, 5) is 7.39. The summed E-state index contributed by atoms with van der Waals surface area (Å²) in [6.07, 6.45) is 0.213. The van der Waals surface area contributed by atoms with Crippen LogP contribution >= 0.6 is 23.2 Å². The van der Waals surface area contributed by atoms with E-state index in [9.17, 15) is 8.42 Å². The van der Waals surface area contributed by atoms with Crippen LogP contribution in [0.5, 0.6) is 0 Å². The zero-order valence-electron chi connectivity index (χ0n) is 10.4. The van der Waals surface area contributed by atoms with Crippen molar-refractivity contribution >= 4 is 39.0 Å². The SMILES string of the molecule is N#CCc1ccc(S(=O)(=O)Nc2cc(Cl)nc(Cl)n2)cc1. The number of halogens is 2. The molecule has 2 rings (SSSR count). The smallest absolute Gasteiger partial charge is 0.263 e. The van der Waals surface area contributed by atoms with Crippen LogP contribution in [-0.4, -0.2) is 18.4 Å². The number of rotatable bonds is 4. The fraction of sp³-hybridized carbons (Fsp3) is 0.0833. The minimum Gasteiger partial charge on any atom is -0.263 e. The molecule has 2 aromatic rings. The standard InChI is InChI=1S/C12H8Cl2N4O2S/c13-10-7-11(17-12(14)16-10)18-21(19,20)9-3-1-8(2-4-9)5-6-15/h1-4,7H,5H2,(H,16,17,18). The fourth-order valence-corrected chi connectivity index (χ4v) is 2.92. The van der Waals surface area contributed by atoms with E-state index in [-0.39, 0.29) is 27.6 Å². The average molecular weight is 343 g/mol. The van der Waals surface area contributed by atoms with E-state index in [1.54, 1.807) is 12.1 Å². The third kappa shape index (κ3) is 4.04. The Kier molecular flexibility index (Phi) is 4.63. The molecule has 0 amide bonds. The molecule has 1 N–H and O–H groups in total. The van der Waals surface area contributed by atoms with Crippen molar-refractivity contribution in [2.24, 2.45) is 0 Å². The number of anilines is 1. The number of benzene rings is 1. The zero-order valence-corrected chi connectivity index (χ0v) is 12.7. The van der Waals surface area contributed by atoms with Gasteiger partial charge in [0.05, 0.1) is 17.4 Å². The Hall–Kier alpha value is -1.88. The van der Waals surface area contributed by atoms with Gasteiger partial charge in [-0.15, -0.1) is 0 Å². The van der Waals surface area contributed by atoms with Crippen LogP contribution in [0.2, 0.25) is 10.4 Å². The minimum absolute atomic E-state index is 0.0251. The van der Waals surface area contributed by atoms with Gasteiger partial charge < -0.3 is 0 Å². The molecule has 0 spiro atoms. The van der Waals surface area contributed by atoms with E-state index in [0.29, 0.717) is 0 Å². The largest absolute Gasteiger partial charge is 0.263 e. The van der Waals surface area contributed by atoms with Crippen molar-refractivity contribution in [3.63, 3.8) is 0 Å². The lowest BCUT2D eigenvalue weighted by atomic mass is 10.2. The molecule has 1 aromatic heterocycles. The fourth-order valence-electron chi connectivity index (χ4n) is 1.52. The summed E-state index contributed by atoms with van der Waals surface area (Å²) in [7, 11) is -3.82. The monoisotopic (exact) mass is 342 g/mol. The first-order valence-electron chi connectivity index (χ1n) is 5.59. The van der Waals surface area contributed by atoms with Crippen molar-refractivity contribution in [3.8, 4) is 6.07 Å². The van der Waals surface area contributed by atoms with Crippen molar-refractivity contribution in [2.75, 3.05) is 4.72 Å². The van der Waals surface area contributed by atoms with Gasteiger partial charge in [-0.2, -0.15) is 10.2 Å². The second-order valence-corrected chi connectivity index (χ2v) is 6.34. The maximum Gasteiger partial charge on any atom is 0.263 e. The van der Waals surface area contributed by atoms with Crippen LogP contribution in [0.4, 0.5) is 5.82 Å². The maximum atomic E-state index is 12.2. The van der Waals surface area contributed by atoms with E-state index in [2.05, 4.69) is 14.7 Å². The number of hydrogen-bond acceptors (Lipinski definition) is 5. The Morgan fingerprint density at radius 2 is 1.86 bits per heavy atom. The van der Waals surface area contributed by atoms with Gasteiger partial charge in [0.25, 0.3) is 10.0 Å². The Balaban J connectivity index is 2.27. The second-order valence-electron chi connectivity index (χ2n) is 3.93. The Labute approximate surface area is 131 Å². The Morgan fingerprint density at radius 1 is 1.19 bits per heavy atom. The topological polar surface area (TPSA) is 95.7 Å². The van der Waals surface area contributed by atoms with E-state index in [0.717, 1.165) is 5.56 Å². The third-order valence-electron chi connectivity index (χ3n) is 2.42. The molecular formula is C12H8Cl2N4O2S. The lowest BCUT2D eigenvalue weighted by molar-refractivity contribution is 0.601. The molecule has 0 radical (unpaired) electrons. The summed E-state index contributed by atoms with van der Waals surface area (Å²) in [5.74, 6) is -0.0268. The first-order chi connectivity index (χ1) is 9.90. The van der Waals surface area contributed by atoms with Gasteiger partial charge in [-0.05, 0) is 29.3 Å². The molecule has 0 bridgehead atoms. The quantitative estimate of drug-likeness (QED) is 0.680. The molecule has 108 valence electrons. The van der Waals surface area contributed by atoms with Gasteiger partial charge in [-0.1, -0.05) is 23.7 Å². The molecule has 0 unspecified atom stereocenters. The minimum atomic E-state index is -3.82. The number of nitrogens with zero attached hydrogens (tertiary/aromatic N) is 3. The first-order valence-corrected chi connectivity index (χ1v) is 7.83. The van der Waals surface area contributed by atoms with E-state index < -0.39 is 10.0 Å². The number of aromatic nitrogens is 2. The normalized spacial score (nSPS) is 10.9. The molecule has 0 aliphatic carbocycles. The average Bonchev–Trinajstić information content (AvgIpc) is 2.38. The highest BCUT2D eigenvalue weighted by Crippen LogP contribution is 2.19. The van der Waals surface area contributed by atoms with Gasteiger partial charge >= 0.3 is 0 Å². The summed E-state index contributed by atoms with van der Waals surface area (Å²) < 4.78 is 26.6. The van der Waals surface area contributed by atoms with E-state index >= 15 is 0 Å². The molecule has 0 aliphatic rings. The first kappa shape index (κ1) is 15.5. The lowest BCUT2D eigenvalue weighted by Crippen LogP contribution is -2.14. The molecule has 0 saturated carbocycles. The Bertz CT molecular complexity index is 781. The molecule has 0 fully saturated rings. The van der Waals surface area contributed by atoms with Gasteiger partial charge in [-0.25, -0.2) is 13.4 Å². The zero-order chi connectivity index (χ0) is 15.5. The van der Waals surface area contributed by atoms with Crippen LogP contribution in [0.3, 0.4) is 0 Å². The highest BCUT2D eigenvalue weighted by Gasteiger charge is 2.15. The van der Waals surface area contributed by atoms with Crippen LogP contribution in [0.25, 0.3) is 0 Å². The molecular weight excluding hydrogens is 335 g/mol. The molecule has 0 aliphatic heterocycles. The van der Waals surface area contributed by atoms with Gasteiger partial charge in [0, 0.05) is 6.07 Å². The highest BCUT2D eigenvalue weighted by atomic mass is 35.5. The van der Waals surface area contributed by atoms with Gasteiger partial charge in [0.15, 0.2) is 0 Å². The van der Waals surface area contributed by atoms with Crippen molar-refractivity contribution in [1.29, 1.82) is 5.26 Å². The summed E-state index contributed by atoms with van der Waals surface area (Å²) in [5, 5.41) is 8.44. The molecule has 1 heterocycles. The van der Waals surface area contributed by atoms with Crippen molar-refractivity contribution in [3.05, 3.63) is 46.3 Å². The number of hydrogen-bond donors (Lipinski definition) is 1. The van der Waals surface area contributed by atoms with E-state index in [1.165, 1.54) is 18.2 Å². The highest BCUT2D eigenvalue weighted by molar-refractivity contribution is 7.92. The van der Waals surface area contributed by atoms with E-state index in [4.69, 9.17) is 28.5 Å². The summed E-state index contributed by atoms with van der Waals surface area (Å²) in [6, 6.07) is 9.17.